The highest BCUT2D eigenvalue weighted by Gasteiger charge is 2.54. The first-order chi connectivity index (χ1) is 25.7. The van der Waals surface area contributed by atoms with Crippen LogP contribution in [0.1, 0.15) is 102 Å². The zero-order valence-corrected chi connectivity index (χ0v) is 32.2. The summed E-state index contributed by atoms with van der Waals surface area (Å²) >= 11 is 0. The second-order valence-electron chi connectivity index (χ2n) is 15.0. The summed E-state index contributed by atoms with van der Waals surface area (Å²) in [5.74, 6) is 0.654. The minimum atomic E-state index is -1.01. The molecule has 1 saturated heterocycles. The fourth-order valence-electron chi connectivity index (χ4n) is 8.54. The van der Waals surface area contributed by atoms with Gasteiger partial charge in [-0.3, -0.25) is 4.79 Å². The van der Waals surface area contributed by atoms with Gasteiger partial charge in [0.2, 0.25) is 5.91 Å². The summed E-state index contributed by atoms with van der Waals surface area (Å²) in [6.45, 7) is 14.5. The van der Waals surface area contributed by atoms with E-state index >= 15 is 4.39 Å². The molecule has 1 spiro atoms. The molecular weight excluding hydrogens is 666 g/mol. The quantitative estimate of drug-likeness (QED) is 0.0892. The van der Waals surface area contributed by atoms with Crippen LogP contribution >= 0.6 is 0 Å². The van der Waals surface area contributed by atoms with Crippen molar-refractivity contribution in [1.29, 1.82) is 5.26 Å². The Hall–Kier alpha value is -4.19. The number of aliphatic hydroxyl groups excluding tert-OH is 1. The summed E-state index contributed by atoms with van der Waals surface area (Å²) in [5.41, 5.74) is 3.11. The van der Waals surface area contributed by atoms with Gasteiger partial charge in [-0.15, -0.1) is 0 Å². The van der Waals surface area contributed by atoms with Crippen LogP contribution in [-0.4, -0.2) is 53.9 Å². The molecule has 3 aromatic rings. The van der Waals surface area contributed by atoms with Gasteiger partial charge in [0.1, 0.15) is 17.3 Å². The summed E-state index contributed by atoms with van der Waals surface area (Å²) in [6, 6.07) is 15.2. The third kappa shape index (κ3) is 8.17. The van der Waals surface area contributed by atoms with Gasteiger partial charge in [-0.2, -0.15) is 5.26 Å². The van der Waals surface area contributed by atoms with Crippen LogP contribution in [0.4, 0.5) is 4.39 Å². The number of aryl methyl sites for hydroxylation is 1. The molecule has 3 unspecified atom stereocenters. The Labute approximate surface area is 315 Å². The normalized spacial score (nSPS) is 18.5. The molecule has 3 atom stereocenters. The number of benzene rings is 3. The topological polar surface area (TPSA) is 106 Å². The Kier molecular flexibility index (Phi) is 13.8. The number of nitrogens with zero attached hydrogens (tertiary/aromatic N) is 2. The predicted molar refractivity (Wildman–Crippen MR) is 211 cm³/mol. The lowest BCUT2D eigenvalue weighted by molar-refractivity contribution is -0.136. The third-order valence-electron chi connectivity index (χ3n) is 11.5. The van der Waals surface area contributed by atoms with E-state index in [1.165, 1.54) is 0 Å². The zero-order chi connectivity index (χ0) is 38.1. The van der Waals surface area contributed by atoms with Crippen molar-refractivity contribution in [3.05, 3.63) is 83.0 Å². The summed E-state index contributed by atoms with van der Waals surface area (Å²) in [4.78, 5) is 16.4. The summed E-state index contributed by atoms with van der Waals surface area (Å²) in [7, 11) is 0. The van der Waals surface area contributed by atoms with Gasteiger partial charge in [0.15, 0.2) is 0 Å². The van der Waals surface area contributed by atoms with Crippen LogP contribution < -0.4 is 5.32 Å². The average molecular weight is 724 g/mol. The molecular formula is C45H58FN3O4. The van der Waals surface area contributed by atoms with Gasteiger partial charge in [-0.25, -0.2) is 4.39 Å². The van der Waals surface area contributed by atoms with Gasteiger partial charge in [-0.1, -0.05) is 90.3 Å². The maximum absolute atomic E-state index is 17.8. The Morgan fingerprint density at radius 3 is 2.60 bits per heavy atom. The SMILES string of the molecule is C=C(OCC(CCCC)C(C)CC)C1=C(c2cc(CCCC#N)c(-c3cc(O)cc4ccccc34)c(F)c2CCC)C2(CCCNC2)C(=O)N1CCO. The summed E-state index contributed by atoms with van der Waals surface area (Å²) in [5, 5.41) is 35.8. The van der Waals surface area contributed by atoms with Gasteiger partial charge in [0.05, 0.1) is 30.4 Å². The fourth-order valence-corrected chi connectivity index (χ4v) is 8.54. The number of carbonyl (C=O) groups excluding carboxylic acids is 1. The van der Waals surface area contributed by atoms with Crippen LogP contribution in [0.5, 0.6) is 5.75 Å². The van der Waals surface area contributed by atoms with Crippen molar-refractivity contribution in [1.82, 2.24) is 10.2 Å². The van der Waals surface area contributed by atoms with Gasteiger partial charge in [0.25, 0.3) is 0 Å². The number of unbranched alkanes of at least 4 members (excludes halogenated alkanes) is 2. The van der Waals surface area contributed by atoms with Crippen molar-refractivity contribution in [2.24, 2.45) is 17.3 Å². The number of carbonyl (C=O) groups is 1. The molecule has 3 N–H and O–H groups in total. The molecule has 0 saturated carbocycles. The molecule has 0 aromatic heterocycles. The van der Waals surface area contributed by atoms with E-state index in [0.29, 0.717) is 108 Å². The number of phenols is 1. The van der Waals surface area contributed by atoms with Crippen LogP contribution in [0, 0.1) is 34.4 Å². The Balaban J connectivity index is 1.81. The number of nitriles is 1. The molecule has 7 nitrogen and oxygen atoms in total. The molecule has 1 fully saturated rings. The molecule has 0 bridgehead atoms. The van der Waals surface area contributed by atoms with E-state index in [1.807, 2.05) is 37.3 Å². The third-order valence-corrected chi connectivity index (χ3v) is 11.5. The lowest BCUT2D eigenvalue weighted by Gasteiger charge is -2.36. The Morgan fingerprint density at radius 1 is 1.13 bits per heavy atom. The number of hydrogen-bond donors (Lipinski definition) is 3. The Bertz CT molecular complexity index is 1850. The monoisotopic (exact) mass is 723 g/mol. The average Bonchev–Trinajstić information content (AvgIpc) is 3.38. The van der Waals surface area contributed by atoms with Crippen LogP contribution in [0.25, 0.3) is 27.5 Å². The molecule has 1 amide bonds. The first-order valence-electron chi connectivity index (χ1n) is 19.8. The van der Waals surface area contributed by atoms with Crippen LogP contribution in [0.2, 0.25) is 0 Å². The maximum Gasteiger partial charge on any atom is 0.239 e. The van der Waals surface area contributed by atoms with Crippen molar-refractivity contribution in [3.8, 4) is 22.9 Å². The molecule has 53 heavy (non-hydrogen) atoms. The molecule has 0 aliphatic carbocycles. The highest BCUT2D eigenvalue weighted by Crippen LogP contribution is 2.54. The van der Waals surface area contributed by atoms with Crippen molar-refractivity contribution in [2.45, 2.75) is 98.3 Å². The number of halogens is 1. The van der Waals surface area contributed by atoms with Gasteiger partial charge < -0.3 is 25.2 Å². The standard InChI is InChI=1S/C45H58FN3O4/c1-6-9-16-34(30(4)8-3)28-53-31(5)43-41(45(20-14-22-48-29-45)44(52)49(43)23-24-50)39-26-33(18-12-13-21-47)40(42(46)37(39)15-7-2)38-27-35(51)25-32-17-10-11-19-36(32)38/h10-11,17,19,25-27,30,34,48,50-51H,5-9,12-16,18,20,22-24,28-29H2,1-4H3. The van der Waals surface area contributed by atoms with E-state index in [-0.39, 0.29) is 30.6 Å². The largest absolute Gasteiger partial charge is 0.508 e. The zero-order valence-electron chi connectivity index (χ0n) is 32.2. The van der Waals surface area contributed by atoms with Gasteiger partial charge in [0, 0.05) is 30.6 Å². The number of phenolic OH excluding ortho intramolecular Hbond substituents is 1. The van der Waals surface area contributed by atoms with Crippen molar-refractivity contribution in [2.75, 3.05) is 32.8 Å². The van der Waals surface area contributed by atoms with E-state index in [9.17, 15) is 20.3 Å². The number of β-amino-alcohol motifs (C(OH)–C–C–N with tert-alkyl or cyclic N) is 1. The number of ether oxygens (including phenoxy) is 1. The molecule has 2 aliphatic rings. The van der Waals surface area contributed by atoms with Gasteiger partial charge >= 0.3 is 0 Å². The minimum Gasteiger partial charge on any atom is -0.508 e. The summed E-state index contributed by atoms with van der Waals surface area (Å²) < 4.78 is 24.4. The lowest BCUT2D eigenvalue weighted by atomic mass is 9.70. The van der Waals surface area contributed by atoms with Crippen molar-refractivity contribution in [3.63, 3.8) is 0 Å². The van der Waals surface area contributed by atoms with E-state index in [2.05, 4.69) is 38.7 Å². The molecule has 2 aliphatic heterocycles. The molecule has 2 heterocycles. The summed E-state index contributed by atoms with van der Waals surface area (Å²) in [6.07, 6.45) is 7.88. The fraction of sp³-hybridized carbons (Fsp3) is 0.511. The molecule has 8 heteroatoms. The van der Waals surface area contributed by atoms with Crippen LogP contribution in [-0.2, 0) is 22.4 Å². The van der Waals surface area contributed by atoms with Crippen molar-refractivity contribution >= 4 is 22.3 Å². The molecule has 0 radical (unpaired) electrons. The second-order valence-corrected chi connectivity index (χ2v) is 15.0. The number of hydrogen-bond acceptors (Lipinski definition) is 6. The number of rotatable bonds is 18. The number of fused-ring (bicyclic) bond motifs is 1. The molecule has 5 rings (SSSR count). The number of aromatic hydroxyl groups is 1. The first kappa shape index (κ1) is 40.0. The lowest BCUT2D eigenvalue weighted by Crippen LogP contribution is -2.48. The number of piperidine rings is 1. The number of aliphatic hydroxyl groups is 1. The van der Waals surface area contributed by atoms with Gasteiger partial charge in [-0.05, 0) is 102 Å². The van der Waals surface area contributed by atoms with E-state index in [4.69, 9.17) is 4.74 Å². The molecule has 3 aromatic carbocycles. The minimum absolute atomic E-state index is 0.0449. The van der Waals surface area contributed by atoms with Crippen molar-refractivity contribution < 1.29 is 24.1 Å². The highest BCUT2D eigenvalue weighted by atomic mass is 19.1. The van der Waals surface area contributed by atoms with E-state index in [1.54, 1.807) is 17.0 Å². The highest BCUT2D eigenvalue weighted by molar-refractivity contribution is 6.06. The number of amides is 1. The first-order valence-corrected chi connectivity index (χ1v) is 19.8. The van der Waals surface area contributed by atoms with E-state index in [0.717, 1.165) is 49.4 Å². The van der Waals surface area contributed by atoms with Crippen LogP contribution in [0.3, 0.4) is 0 Å². The van der Waals surface area contributed by atoms with Crippen LogP contribution in [0.15, 0.2) is 60.5 Å². The maximum atomic E-state index is 17.8. The smallest absolute Gasteiger partial charge is 0.239 e. The second kappa shape index (κ2) is 18.2. The number of nitrogens with one attached hydrogen (secondary N) is 1. The molecule has 284 valence electrons. The predicted octanol–water partition coefficient (Wildman–Crippen LogP) is 9.45. The van der Waals surface area contributed by atoms with E-state index < -0.39 is 5.41 Å². The Morgan fingerprint density at radius 2 is 1.92 bits per heavy atom.